The van der Waals surface area contributed by atoms with Crippen LogP contribution in [0.25, 0.3) is 0 Å². The molecule has 90 valence electrons. The van der Waals surface area contributed by atoms with Gasteiger partial charge in [-0.2, -0.15) is 13.2 Å². The SMILES string of the molecule is CC(C)(CC(F)(F)F)c1cc(C(N)=O)no1. The second-order valence-corrected chi connectivity index (χ2v) is 4.12. The molecule has 0 aliphatic heterocycles. The van der Waals surface area contributed by atoms with Crippen molar-refractivity contribution in [2.24, 2.45) is 5.73 Å². The molecular formula is C9H11F3N2O2. The molecule has 1 aromatic rings. The number of hydrogen-bond donors (Lipinski definition) is 1. The number of hydrogen-bond acceptors (Lipinski definition) is 3. The van der Waals surface area contributed by atoms with Crippen molar-refractivity contribution in [2.45, 2.75) is 31.9 Å². The van der Waals surface area contributed by atoms with Gasteiger partial charge >= 0.3 is 6.18 Å². The lowest BCUT2D eigenvalue weighted by molar-refractivity contribution is -0.147. The molecule has 2 N–H and O–H groups in total. The van der Waals surface area contributed by atoms with Crippen molar-refractivity contribution >= 4 is 5.91 Å². The van der Waals surface area contributed by atoms with Crippen LogP contribution in [0.4, 0.5) is 13.2 Å². The lowest BCUT2D eigenvalue weighted by atomic mass is 9.86. The number of alkyl halides is 3. The van der Waals surface area contributed by atoms with Gasteiger partial charge in [-0.15, -0.1) is 0 Å². The molecule has 0 bridgehead atoms. The van der Waals surface area contributed by atoms with Crippen LogP contribution >= 0.6 is 0 Å². The summed E-state index contributed by atoms with van der Waals surface area (Å²) in [6.07, 6.45) is -5.38. The van der Waals surface area contributed by atoms with Gasteiger partial charge in [0.25, 0.3) is 5.91 Å². The third kappa shape index (κ3) is 2.98. The van der Waals surface area contributed by atoms with Crippen LogP contribution < -0.4 is 5.73 Å². The Morgan fingerprint density at radius 3 is 2.44 bits per heavy atom. The molecule has 0 spiro atoms. The summed E-state index contributed by atoms with van der Waals surface area (Å²) >= 11 is 0. The highest BCUT2D eigenvalue weighted by atomic mass is 19.4. The Morgan fingerprint density at radius 2 is 2.06 bits per heavy atom. The summed E-state index contributed by atoms with van der Waals surface area (Å²) in [5, 5.41) is 3.30. The minimum Gasteiger partial charge on any atom is -0.364 e. The fourth-order valence-corrected chi connectivity index (χ4v) is 1.30. The van der Waals surface area contributed by atoms with Gasteiger partial charge in [0.15, 0.2) is 5.69 Å². The van der Waals surface area contributed by atoms with Gasteiger partial charge in [-0.05, 0) is 0 Å². The molecule has 0 radical (unpaired) electrons. The van der Waals surface area contributed by atoms with Gasteiger partial charge in [0.1, 0.15) is 5.76 Å². The first-order valence-corrected chi connectivity index (χ1v) is 4.45. The Kier molecular flexibility index (Phi) is 2.98. The second kappa shape index (κ2) is 3.80. The first-order valence-electron chi connectivity index (χ1n) is 4.45. The molecule has 0 saturated heterocycles. The molecule has 0 fully saturated rings. The van der Waals surface area contributed by atoms with E-state index in [1.807, 2.05) is 0 Å². The zero-order chi connectivity index (χ0) is 12.6. The number of carbonyl (C=O) groups excluding carboxylic acids is 1. The Labute approximate surface area is 89.6 Å². The molecule has 1 heterocycles. The minimum atomic E-state index is -4.32. The predicted molar refractivity (Wildman–Crippen MR) is 48.7 cm³/mol. The number of nitrogens with zero attached hydrogens (tertiary/aromatic N) is 1. The fraction of sp³-hybridized carbons (Fsp3) is 0.556. The van der Waals surface area contributed by atoms with Gasteiger partial charge in [-0.25, -0.2) is 0 Å². The van der Waals surface area contributed by atoms with E-state index < -0.39 is 23.9 Å². The van der Waals surface area contributed by atoms with Crippen LogP contribution in [0.3, 0.4) is 0 Å². The quantitative estimate of drug-likeness (QED) is 0.872. The van der Waals surface area contributed by atoms with E-state index in [0.717, 1.165) is 6.07 Å². The molecule has 1 aromatic heterocycles. The average Bonchev–Trinajstić information content (AvgIpc) is 2.46. The first kappa shape index (κ1) is 12.5. The summed E-state index contributed by atoms with van der Waals surface area (Å²) in [5.41, 5.74) is 3.46. The number of aromatic nitrogens is 1. The molecule has 0 atom stereocenters. The number of nitrogens with two attached hydrogens (primary N) is 1. The number of amides is 1. The maximum absolute atomic E-state index is 12.2. The number of halogens is 3. The van der Waals surface area contributed by atoms with Crippen molar-refractivity contribution in [1.29, 1.82) is 0 Å². The fourth-order valence-electron chi connectivity index (χ4n) is 1.30. The Hall–Kier alpha value is -1.53. The van der Waals surface area contributed by atoms with Crippen molar-refractivity contribution in [3.63, 3.8) is 0 Å². The zero-order valence-electron chi connectivity index (χ0n) is 8.76. The van der Waals surface area contributed by atoms with Crippen molar-refractivity contribution in [1.82, 2.24) is 5.16 Å². The summed E-state index contributed by atoms with van der Waals surface area (Å²) in [6, 6.07) is 1.13. The summed E-state index contributed by atoms with van der Waals surface area (Å²) in [4.78, 5) is 10.7. The lowest BCUT2D eigenvalue weighted by Crippen LogP contribution is -2.25. The van der Waals surface area contributed by atoms with E-state index in [1.165, 1.54) is 13.8 Å². The van der Waals surface area contributed by atoms with Crippen LogP contribution in [-0.2, 0) is 5.41 Å². The van der Waals surface area contributed by atoms with Crippen LogP contribution in [0.5, 0.6) is 0 Å². The maximum atomic E-state index is 12.2. The number of primary amides is 1. The van der Waals surface area contributed by atoms with Crippen LogP contribution in [0.1, 0.15) is 36.5 Å². The van der Waals surface area contributed by atoms with Crippen molar-refractivity contribution < 1.29 is 22.5 Å². The van der Waals surface area contributed by atoms with E-state index in [2.05, 4.69) is 9.68 Å². The molecule has 0 saturated carbocycles. The average molecular weight is 236 g/mol. The Balaban J connectivity index is 2.94. The topological polar surface area (TPSA) is 69.1 Å². The van der Waals surface area contributed by atoms with Gasteiger partial charge in [-0.3, -0.25) is 4.79 Å². The van der Waals surface area contributed by atoms with Crippen LogP contribution in [0.15, 0.2) is 10.6 Å². The highest BCUT2D eigenvalue weighted by molar-refractivity contribution is 5.90. The van der Waals surface area contributed by atoms with Crippen LogP contribution in [-0.4, -0.2) is 17.2 Å². The molecule has 0 unspecified atom stereocenters. The van der Waals surface area contributed by atoms with E-state index in [9.17, 15) is 18.0 Å². The van der Waals surface area contributed by atoms with Gasteiger partial charge in [0.05, 0.1) is 6.42 Å². The van der Waals surface area contributed by atoms with Crippen molar-refractivity contribution in [3.8, 4) is 0 Å². The van der Waals surface area contributed by atoms with Crippen LogP contribution in [0, 0.1) is 0 Å². The van der Waals surface area contributed by atoms with Gasteiger partial charge in [0, 0.05) is 11.5 Å². The molecule has 0 aliphatic rings. The van der Waals surface area contributed by atoms with E-state index >= 15 is 0 Å². The third-order valence-electron chi connectivity index (χ3n) is 2.07. The van der Waals surface area contributed by atoms with E-state index in [-0.39, 0.29) is 11.5 Å². The Morgan fingerprint density at radius 1 is 1.50 bits per heavy atom. The molecule has 0 aliphatic carbocycles. The van der Waals surface area contributed by atoms with Gasteiger partial charge < -0.3 is 10.3 Å². The highest BCUT2D eigenvalue weighted by Gasteiger charge is 2.40. The summed E-state index contributed by atoms with van der Waals surface area (Å²) in [6.45, 7) is 2.71. The molecule has 4 nitrogen and oxygen atoms in total. The van der Waals surface area contributed by atoms with Gasteiger partial charge in [-0.1, -0.05) is 19.0 Å². The Bertz CT molecular complexity index is 396. The molecule has 1 amide bonds. The largest absolute Gasteiger partial charge is 0.390 e. The lowest BCUT2D eigenvalue weighted by Gasteiger charge is -2.22. The maximum Gasteiger partial charge on any atom is 0.390 e. The van der Waals surface area contributed by atoms with Gasteiger partial charge in [0.2, 0.25) is 0 Å². The molecule has 16 heavy (non-hydrogen) atoms. The molecule has 0 aromatic carbocycles. The van der Waals surface area contributed by atoms with Crippen LogP contribution in [0.2, 0.25) is 0 Å². The molecule has 7 heteroatoms. The second-order valence-electron chi connectivity index (χ2n) is 4.12. The predicted octanol–water partition coefficient (Wildman–Crippen LogP) is 2.00. The minimum absolute atomic E-state index is 0.0152. The standard InChI is InChI=1S/C9H11F3N2O2/c1-8(2,4-9(10,11)12)6-3-5(7(13)15)14-16-6/h3H,4H2,1-2H3,(H2,13,15). The van der Waals surface area contributed by atoms with E-state index in [4.69, 9.17) is 5.73 Å². The summed E-state index contributed by atoms with van der Waals surface area (Å²) in [7, 11) is 0. The van der Waals surface area contributed by atoms with E-state index in [1.54, 1.807) is 0 Å². The normalized spacial score (nSPS) is 12.8. The highest BCUT2D eigenvalue weighted by Crippen LogP contribution is 2.36. The molecule has 1 rings (SSSR count). The third-order valence-corrected chi connectivity index (χ3v) is 2.07. The van der Waals surface area contributed by atoms with Crippen molar-refractivity contribution in [2.75, 3.05) is 0 Å². The zero-order valence-corrected chi connectivity index (χ0v) is 8.76. The summed E-state index contributed by atoms with van der Waals surface area (Å²) < 4.78 is 41.4. The van der Waals surface area contributed by atoms with E-state index in [0.29, 0.717) is 0 Å². The summed E-state index contributed by atoms with van der Waals surface area (Å²) in [5.74, 6) is -0.851. The molecular weight excluding hydrogens is 225 g/mol. The van der Waals surface area contributed by atoms with Crippen molar-refractivity contribution in [3.05, 3.63) is 17.5 Å². The monoisotopic (exact) mass is 236 g/mol. The smallest absolute Gasteiger partial charge is 0.364 e. The number of rotatable bonds is 3. The first-order chi connectivity index (χ1) is 7.12. The number of carbonyl (C=O) groups is 1.